The van der Waals surface area contributed by atoms with Gasteiger partial charge in [-0.2, -0.15) is 11.8 Å². The molecule has 2 saturated heterocycles. The minimum atomic E-state index is 0.268. The van der Waals surface area contributed by atoms with Gasteiger partial charge < -0.3 is 10.6 Å². The van der Waals surface area contributed by atoms with Gasteiger partial charge in [-0.15, -0.1) is 0 Å². The molecule has 2 rings (SSSR count). The van der Waals surface area contributed by atoms with E-state index in [-0.39, 0.29) is 5.91 Å². The van der Waals surface area contributed by atoms with Gasteiger partial charge in [-0.25, -0.2) is 0 Å². The monoisotopic (exact) mass is 270 g/mol. The molecule has 104 valence electrons. The SMILES string of the molecule is CC(CC(=O)NC1CCSCC1)C1CCCNC1. The van der Waals surface area contributed by atoms with Crippen molar-refractivity contribution in [1.82, 2.24) is 10.6 Å². The summed E-state index contributed by atoms with van der Waals surface area (Å²) in [7, 11) is 0. The van der Waals surface area contributed by atoms with Crippen LogP contribution in [0.2, 0.25) is 0 Å². The van der Waals surface area contributed by atoms with Crippen LogP contribution in [0.5, 0.6) is 0 Å². The third-order valence-corrected chi connectivity index (χ3v) is 5.28. The first kappa shape index (κ1) is 14.2. The summed E-state index contributed by atoms with van der Waals surface area (Å²) in [6, 6.07) is 0.440. The Balaban J connectivity index is 1.68. The lowest BCUT2D eigenvalue weighted by Gasteiger charge is -2.29. The van der Waals surface area contributed by atoms with Gasteiger partial charge in [0.05, 0.1) is 0 Å². The van der Waals surface area contributed by atoms with E-state index in [1.165, 1.54) is 24.3 Å². The summed E-state index contributed by atoms with van der Waals surface area (Å²) >= 11 is 2.00. The molecule has 3 nitrogen and oxygen atoms in total. The molecule has 0 bridgehead atoms. The van der Waals surface area contributed by atoms with Gasteiger partial charge in [0.1, 0.15) is 0 Å². The zero-order chi connectivity index (χ0) is 12.8. The highest BCUT2D eigenvalue weighted by molar-refractivity contribution is 7.99. The zero-order valence-corrected chi connectivity index (χ0v) is 12.2. The molecule has 18 heavy (non-hydrogen) atoms. The molecule has 4 heteroatoms. The molecule has 0 spiro atoms. The smallest absolute Gasteiger partial charge is 0.220 e. The van der Waals surface area contributed by atoms with E-state index < -0.39 is 0 Å². The molecule has 0 aromatic heterocycles. The highest BCUT2D eigenvalue weighted by Gasteiger charge is 2.23. The first-order chi connectivity index (χ1) is 8.75. The highest BCUT2D eigenvalue weighted by atomic mass is 32.2. The fourth-order valence-electron chi connectivity index (χ4n) is 2.95. The second-order valence-corrected chi connectivity index (χ2v) is 6.97. The first-order valence-corrected chi connectivity index (χ1v) is 8.49. The van der Waals surface area contributed by atoms with Crippen LogP contribution in [0.1, 0.15) is 39.0 Å². The molecule has 2 heterocycles. The van der Waals surface area contributed by atoms with E-state index in [2.05, 4.69) is 17.6 Å². The summed E-state index contributed by atoms with van der Waals surface area (Å²) in [5.74, 6) is 3.87. The Morgan fingerprint density at radius 1 is 1.39 bits per heavy atom. The maximum Gasteiger partial charge on any atom is 0.220 e. The summed E-state index contributed by atoms with van der Waals surface area (Å²) in [5.41, 5.74) is 0. The van der Waals surface area contributed by atoms with Crippen molar-refractivity contribution < 1.29 is 4.79 Å². The number of hydrogen-bond donors (Lipinski definition) is 2. The predicted molar refractivity (Wildman–Crippen MR) is 77.9 cm³/mol. The van der Waals surface area contributed by atoms with Crippen molar-refractivity contribution in [2.45, 2.75) is 45.1 Å². The van der Waals surface area contributed by atoms with E-state index in [0.29, 0.717) is 24.3 Å². The van der Waals surface area contributed by atoms with E-state index in [0.717, 1.165) is 25.9 Å². The van der Waals surface area contributed by atoms with Gasteiger partial charge in [0, 0.05) is 12.5 Å². The van der Waals surface area contributed by atoms with E-state index in [1.807, 2.05) is 11.8 Å². The van der Waals surface area contributed by atoms with Crippen molar-refractivity contribution >= 4 is 17.7 Å². The molecule has 2 atom stereocenters. The van der Waals surface area contributed by atoms with Crippen molar-refractivity contribution in [3.8, 4) is 0 Å². The van der Waals surface area contributed by atoms with Gasteiger partial charge in [0.2, 0.25) is 5.91 Å². The molecular formula is C14H26N2OS. The van der Waals surface area contributed by atoms with Gasteiger partial charge >= 0.3 is 0 Å². The maximum absolute atomic E-state index is 12.0. The van der Waals surface area contributed by atoms with Crippen molar-refractivity contribution in [3.05, 3.63) is 0 Å². The standard InChI is InChI=1S/C14H26N2OS/c1-11(12-3-2-6-15-10-12)9-14(17)16-13-4-7-18-8-5-13/h11-13,15H,2-10H2,1H3,(H,16,17). The molecule has 0 radical (unpaired) electrons. The lowest BCUT2D eigenvalue weighted by Crippen LogP contribution is -2.40. The number of carbonyl (C=O) groups is 1. The fraction of sp³-hybridized carbons (Fsp3) is 0.929. The molecule has 1 amide bonds. The lowest BCUT2D eigenvalue weighted by atomic mass is 9.85. The quantitative estimate of drug-likeness (QED) is 0.821. The van der Waals surface area contributed by atoms with Crippen LogP contribution in [-0.4, -0.2) is 36.5 Å². The van der Waals surface area contributed by atoms with Gasteiger partial charge in [-0.3, -0.25) is 4.79 Å². The van der Waals surface area contributed by atoms with Crippen molar-refractivity contribution in [3.63, 3.8) is 0 Å². The first-order valence-electron chi connectivity index (χ1n) is 7.33. The maximum atomic E-state index is 12.0. The lowest BCUT2D eigenvalue weighted by molar-refractivity contribution is -0.123. The average Bonchev–Trinajstić information content (AvgIpc) is 2.40. The fourth-order valence-corrected chi connectivity index (χ4v) is 4.06. The summed E-state index contributed by atoms with van der Waals surface area (Å²) < 4.78 is 0. The molecule has 0 aliphatic carbocycles. The molecule has 0 saturated carbocycles. The van der Waals surface area contributed by atoms with Crippen molar-refractivity contribution in [2.24, 2.45) is 11.8 Å². The van der Waals surface area contributed by atoms with Crippen molar-refractivity contribution in [2.75, 3.05) is 24.6 Å². The summed E-state index contributed by atoms with van der Waals surface area (Å²) in [6.07, 6.45) is 5.54. The van der Waals surface area contributed by atoms with Crippen molar-refractivity contribution in [1.29, 1.82) is 0 Å². The Hall–Kier alpha value is -0.220. The van der Waals surface area contributed by atoms with E-state index in [4.69, 9.17) is 0 Å². The summed E-state index contributed by atoms with van der Waals surface area (Å²) in [4.78, 5) is 12.0. The molecule has 0 aromatic carbocycles. The van der Waals surface area contributed by atoms with Crippen LogP contribution in [0.25, 0.3) is 0 Å². The number of carbonyl (C=O) groups excluding carboxylic acids is 1. The third-order valence-electron chi connectivity index (χ3n) is 4.23. The topological polar surface area (TPSA) is 41.1 Å². The molecule has 0 aromatic rings. The number of hydrogen-bond acceptors (Lipinski definition) is 3. The summed E-state index contributed by atoms with van der Waals surface area (Å²) in [6.45, 7) is 4.47. The number of piperidine rings is 1. The van der Waals surface area contributed by atoms with Crippen LogP contribution in [0.15, 0.2) is 0 Å². The van der Waals surface area contributed by atoms with Crippen LogP contribution < -0.4 is 10.6 Å². The van der Waals surface area contributed by atoms with E-state index >= 15 is 0 Å². The van der Waals surface area contributed by atoms with Gasteiger partial charge in [0.15, 0.2) is 0 Å². The number of thioether (sulfide) groups is 1. The van der Waals surface area contributed by atoms with Crippen LogP contribution in [0, 0.1) is 11.8 Å². The molecule has 2 fully saturated rings. The number of rotatable bonds is 4. The number of nitrogens with one attached hydrogen (secondary N) is 2. The second kappa shape index (κ2) is 7.39. The second-order valence-electron chi connectivity index (χ2n) is 5.74. The third kappa shape index (κ3) is 4.47. The Morgan fingerprint density at radius 3 is 2.83 bits per heavy atom. The van der Waals surface area contributed by atoms with E-state index in [9.17, 15) is 4.79 Å². The zero-order valence-electron chi connectivity index (χ0n) is 11.4. The Kier molecular flexibility index (Phi) is 5.83. The Labute approximate surface area is 115 Å². The van der Waals surface area contributed by atoms with E-state index in [1.54, 1.807) is 0 Å². The molecular weight excluding hydrogens is 244 g/mol. The van der Waals surface area contributed by atoms with Gasteiger partial charge in [-0.1, -0.05) is 6.92 Å². The Morgan fingerprint density at radius 2 is 2.17 bits per heavy atom. The van der Waals surface area contributed by atoms with Crippen LogP contribution in [0.3, 0.4) is 0 Å². The van der Waals surface area contributed by atoms with Gasteiger partial charge in [0.25, 0.3) is 0 Å². The average molecular weight is 270 g/mol. The molecule has 2 aliphatic heterocycles. The molecule has 2 unspecified atom stereocenters. The van der Waals surface area contributed by atoms with Crippen LogP contribution >= 0.6 is 11.8 Å². The van der Waals surface area contributed by atoms with Gasteiger partial charge in [-0.05, 0) is 62.1 Å². The summed E-state index contributed by atoms with van der Waals surface area (Å²) in [5, 5.41) is 6.65. The van der Waals surface area contributed by atoms with Crippen LogP contribution in [0.4, 0.5) is 0 Å². The Bertz CT molecular complexity index is 261. The minimum Gasteiger partial charge on any atom is -0.353 e. The van der Waals surface area contributed by atoms with Crippen LogP contribution in [-0.2, 0) is 4.79 Å². The minimum absolute atomic E-state index is 0.268. The highest BCUT2D eigenvalue weighted by Crippen LogP contribution is 2.23. The number of amides is 1. The normalized spacial score (nSPS) is 27.7. The predicted octanol–water partition coefficient (Wildman–Crippen LogP) is 2.02. The molecule has 2 aliphatic rings. The molecule has 2 N–H and O–H groups in total. The largest absolute Gasteiger partial charge is 0.353 e.